The van der Waals surface area contributed by atoms with Crippen molar-refractivity contribution in [3.05, 3.63) is 218 Å². The minimum Gasteiger partial charge on any atom is -0.309 e. The number of rotatable bonds is 7. The summed E-state index contributed by atoms with van der Waals surface area (Å²) < 4.78 is 2.42. The smallest absolute Gasteiger partial charge is 0.0562 e. The van der Waals surface area contributed by atoms with Gasteiger partial charge in [0.1, 0.15) is 0 Å². The molecule has 0 aliphatic carbocycles. The molecule has 0 unspecified atom stereocenters. The second-order valence-corrected chi connectivity index (χ2v) is 16.1. The highest BCUT2D eigenvalue weighted by molar-refractivity contribution is 6.18. The van der Waals surface area contributed by atoms with E-state index in [1.807, 2.05) is 0 Å². The third kappa shape index (κ3) is 6.06. The van der Waals surface area contributed by atoms with Crippen molar-refractivity contribution < 1.29 is 0 Å². The van der Waals surface area contributed by atoms with Gasteiger partial charge in [-0.05, 0) is 86.5 Å². The van der Waals surface area contributed by atoms with Crippen LogP contribution in [-0.2, 0) is 5.41 Å². The first-order valence-electron chi connectivity index (χ1n) is 20.2. The maximum atomic E-state index is 2.56. The lowest BCUT2D eigenvalue weighted by atomic mass is 9.85. The van der Waals surface area contributed by atoms with Gasteiger partial charge in [-0.2, -0.15) is 0 Å². The quantitative estimate of drug-likeness (QED) is 0.158. The van der Waals surface area contributed by atoms with Gasteiger partial charge in [-0.3, -0.25) is 0 Å². The molecule has 2 nitrogen and oxygen atoms in total. The van der Waals surface area contributed by atoms with Crippen LogP contribution >= 0.6 is 0 Å². The van der Waals surface area contributed by atoms with Gasteiger partial charge in [0.05, 0.1) is 28.1 Å². The van der Waals surface area contributed by atoms with Crippen LogP contribution in [0.25, 0.3) is 71.6 Å². The summed E-state index contributed by atoms with van der Waals surface area (Å²) in [5, 5.41) is 4.88. The molecule has 0 spiro atoms. The molecule has 278 valence electrons. The van der Waals surface area contributed by atoms with Gasteiger partial charge >= 0.3 is 0 Å². The van der Waals surface area contributed by atoms with Gasteiger partial charge in [0.2, 0.25) is 0 Å². The number of para-hydroxylation sites is 3. The molecule has 1 aromatic heterocycles. The van der Waals surface area contributed by atoms with Crippen LogP contribution in [0, 0.1) is 0 Å². The minimum absolute atomic E-state index is 0.0787. The predicted molar refractivity (Wildman–Crippen MR) is 248 cm³/mol. The summed E-state index contributed by atoms with van der Waals surface area (Å²) in [7, 11) is 0. The van der Waals surface area contributed by atoms with Crippen molar-refractivity contribution in [1.29, 1.82) is 0 Å². The summed E-state index contributed by atoms with van der Waals surface area (Å²) in [6, 6.07) is 77.6. The van der Waals surface area contributed by atoms with E-state index in [1.54, 1.807) is 0 Å². The highest BCUT2D eigenvalue weighted by atomic mass is 15.2. The maximum Gasteiger partial charge on any atom is 0.0562 e. The van der Waals surface area contributed by atoms with Crippen molar-refractivity contribution in [2.75, 3.05) is 4.90 Å². The maximum absolute atomic E-state index is 2.56. The third-order valence-corrected chi connectivity index (χ3v) is 11.5. The molecule has 2 heteroatoms. The van der Waals surface area contributed by atoms with Crippen LogP contribution in [-0.4, -0.2) is 4.57 Å². The lowest BCUT2D eigenvalue weighted by Gasteiger charge is -2.32. The molecule has 0 N–H and O–H groups in total. The van der Waals surface area contributed by atoms with Gasteiger partial charge in [0, 0.05) is 27.6 Å². The molecule has 0 atom stereocenters. The fraction of sp³-hybridized carbons (Fsp3) is 0.0714. The summed E-state index contributed by atoms with van der Waals surface area (Å²) >= 11 is 0. The van der Waals surface area contributed by atoms with Crippen LogP contribution in [0.4, 0.5) is 17.1 Å². The molecule has 1 heterocycles. The van der Waals surface area contributed by atoms with E-state index in [9.17, 15) is 0 Å². The van der Waals surface area contributed by atoms with Crippen LogP contribution in [0.15, 0.2) is 212 Å². The van der Waals surface area contributed by atoms with Crippen LogP contribution in [0.3, 0.4) is 0 Å². The normalized spacial score (nSPS) is 11.7. The summed E-state index contributed by atoms with van der Waals surface area (Å²) in [6.07, 6.45) is 0. The minimum atomic E-state index is -0.0787. The van der Waals surface area contributed by atoms with E-state index in [-0.39, 0.29) is 5.41 Å². The number of aromatic nitrogens is 1. The Bertz CT molecular complexity index is 3070. The fourth-order valence-corrected chi connectivity index (χ4v) is 8.80. The van der Waals surface area contributed by atoms with Gasteiger partial charge in [-0.1, -0.05) is 191 Å². The third-order valence-electron chi connectivity index (χ3n) is 11.5. The van der Waals surface area contributed by atoms with E-state index in [1.165, 1.54) is 66.0 Å². The zero-order valence-electron chi connectivity index (χ0n) is 33.1. The SMILES string of the molecule is CC(C)(C)c1ccc(-c2ccccc2)c(N(c2ccccc2-c2cccc3cccc(-c4ccccc4)c23)c2cccc3c2c2ccccc2n3-c2ccccc2)c1. The molecule has 10 aromatic rings. The Labute approximate surface area is 340 Å². The standard InChI is InChI=1S/C56H44N2/c1-56(2,3)42-36-37-44(39-20-7-4-8-21-39)53(38-42)58(52-35-19-34-51-55(52)48-29-14-16-33-50(48)57(51)43-26-11-6-12-27-43)49-32-15-13-28-46(49)47-31-18-25-41-24-17-30-45(54(41)47)40-22-9-5-10-23-40/h4-38H,1-3H3. The van der Waals surface area contributed by atoms with Crippen molar-refractivity contribution in [2.24, 2.45) is 0 Å². The van der Waals surface area contributed by atoms with E-state index in [2.05, 4.69) is 243 Å². The average Bonchev–Trinajstić information content (AvgIpc) is 3.62. The Kier molecular flexibility index (Phi) is 8.76. The first kappa shape index (κ1) is 35.3. The molecule has 0 aliphatic heterocycles. The molecular formula is C56H44N2. The molecule has 0 bridgehead atoms. The highest BCUT2D eigenvalue weighted by Gasteiger charge is 2.27. The zero-order chi connectivity index (χ0) is 39.2. The van der Waals surface area contributed by atoms with Crippen molar-refractivity contribution in [3.63, 3.8) is 0 Å². The van der Waals surface area contributed by atoms with E-state index >= 15 is 0 Å². The fourth-order valence-electron chi connectivity index (χ4n) is 8.80. The van der Waals surface area contributed by atoms with Crippen LogP contribution in [0.2, 0.25) is 0 Å². The second kappa shape index (κ2) is 14.4. The molecule has 0 aliphatic rings. The number of anilines is 3. The summed E-state index contributed by atoms with van der Waals surface area (Å²) in [5.74, 6) is 0. The van der Waals surface area contributed by atoms with E-state index in [0.29, 0.717) is 0 Å². The summed E-state index contributed by atoms with van der Waals surface area (Å²) in [4.78, 5) is 2.56. The van der Waals surface area contributed by atoms with Crippen LogP contribution in [0.5, 0.6) is 0 Å². The van der Waals surface area contributed by atoms with Crippen molar-refractivity contribution >= 4 is 49.6 Å². The summed E-state index contributed by atoms with van der Waals surface area (Å²) in [5.41, 5.74) is 15.2. The largest absolute Gasteiger partial charge is 0.309 e. The van der Waals surface area contributed by atoms with Crippen molar-refractivity contribution in [1.82, 2.24) is 4.57 Å². The molecule has 0 amide bonds. The monoisotopic (exact) mass is 744 g/mol. The zero-order valence-corrected chi connectivity index (χ0v) is 33.1. The van der Waals surface area contributed by atoms with Gasteiger partial charge < -0.3 is 9.47 Å². The molecule has 0 saturated heterocycles. The number of hydrogen-bond donors (Lipinski definition) is 0. The van der Waals surface area contributed by atoms with Crippen LogP contribution in [0.1, 0.15) is 26.3 Å². The van der Waals surface area contributed by atoms with Gasteiger partial charge in [-0.15, -0.1) is 0 Å². The Balaban J connectivity index is 1.35. The predicted octanol–water partition coefficient (Wildman–Crippen LogP) is 15.7. The lowest BCUT2D eigenvalue weighted by molar-refractivity contribution is 0.590. The second-order valence-electron chi connectivity index (χ2n) is 16.1. The molecule has 10 rings (SSSR count). The number of fused-ring (bicyclic) bond motifs is 4. The Morgan fingerprint density at radius 1 is 0.379 bits per heavy atom. The van der Waals surface area contributed by atoms with Crippen molar-refractivity contribution in [3.8, 4) is 39.1 Å². The number of benzene rings is 9. The van der Waals surface area contributed by atoms with E-state index in [0.717, 1.165) is 28.3 Å². The van der Waals surface area contributed by atoms with Crippen LogP contribution < -0.4 is 4.90 Å². The summed E-state index contributed by atoms with van der Waals surface area (Å²) in [6.45, 7) is 6.92. The molecule has 58 heavy (non-hydrogen) atoms. The lowest BCUT2D eigenvalue weighted by Crippen LogP contribution is -2.16. The Morgan fingerprint density at radius 2 is 0.931 bits per heavy atom. The van der Waals surface area contributed by atoms with E-state index < -0.39 is 0 Å². The molecule has 0 fully saturated rings. The average molecular weight is 745 g/mol. The van der Waals surface area contributed by atoms with Crippen molar-refractivity contribution in [2.45, 2.75) is 26.2 Å². The highest BCUT2D eigenvalue weighted by Crippen LogP contribution is 2.51. The Morgan fingerprint density at radius 3 is 1.66 bits per heavy atom. The Hall–Kier alpha value is -7.16. The van der Waals surface area contributed by atoms with Gasteiger partial charge in [-0.25, -0.2) is 0 Å². The van der Waals surface area contributed by atoms with E-state index in [4.69, 9.17) is 0 Å². The first-order valence-corrected chi connectivity index (χ1v) is 20.2. The molecular weight excluding hydrogens is 701 g/mol. The number of nitrogens with zero attached hydrogens (tertiary/aromatic N) is 2. The van der Waals surface area contributed by atoms with Gasteiger partial charge in [0.15, 0.2) is 0 Å². The molecule has 9 aromatic carbocycles. The first-order chi connectivity index (χ1) is 28.5. The van der Waals surface area contributed by atoms with Gasteiger partial charge in [0.25, 0.3) is 0 Å². The molecule has 0 radical (unpaired) electrons. The number of hydrogen-bond acceptors (Lipinski definition) is 1. The molecule has 0 saturated carbocycles. The topological polar surface area (TPSA) is 8.17 Å².